The summed E-state index contributed by atoms with van der Waals surface area (Å²) in [6.45, 7) is 0.336. The van der Waals surface area contributed by atoms with Crippen LogP contribution in [0.5, 0.6) is 0 Å². The van der Waals surface area contributed by atoms with Crippen molar-refractivity contribution in [2.45, 2.75) is 6.42 Å². The normalized spacial score (nSPS) is 9.20. The summed E-state index contributed by atoms with van der Waals surface area (Å²) in [5.41, 5.74) is 10.7. The Labute approximate surface area is 110 Å². The van der Waals surface area contributed by atoms with E-state index in [9.17, 15) is 4.39 Å². The minimum atomic E-state index is -0.330. The molecule has 0 saturated carbocycles. The fourth-order valence-electron chi connectivity index (χ4n) is 1.07. The first-order valence-corrected chi connectivity index (χ1v) is 4.47. The van der Waals surface area contributed by atoms with Gasteiger partial charge in [-0.3, -0.25) is 4.99 Å². The van der Waals surface area contributed by atoms with Crippen molar-refractivity contribution in [3.63, 3.8) is 0 Å². The lowest BCUT2D eigenvalue weighted by Crippen LogP contribution is -2.23. The van der Waals surface area contributed by atoms with Crippen molar-refractivity contribution in [3.8, 4) is 0 Å². The number of hydrogen-bond donors (Lipinski definition) is 2. The number of guanidine groups is 1. The number of nitrogens with zero attached hydrogens (tertiary/aromatic N) is 1. The molecule has 6 heteroatoms. The second-order valence-electron chi connectivity index (χ2n) is 2.76. The Morgan fingerprint density at radius 1 is 1.40 bits per heavy atom. The highest BCUT2D eigenvalue weighted by Crippen LogP contribution is 2.19. The van der Waals surface area contributed by atoms with E-state index in [1.54, 1.807) is 12.1 Å². The Morgan fingerprint density at radius 3 is 2.60 bits per heavy atom. The molecule has 3 nitrogen and oxygen atoms in total. The van der Waals surface area contributed by atoms with Crippen LogP contribution in [0, 0.1) is 5.82 Å². The molecule has 0 aliphatic carbocycles. The van der Waals surface area contributed by atoms with Gasteiger partial charge >= 0.3 is 0 Å². The number of aliphatic imine (C=N–C) groups is 1. The predicted molar refractivity (Wildman–Crippen MR) is 71.2 cm³/mol. The van der Waals surface area contributed by atoms with Gasteiger partial charge in [-0.15, -0.1) is 24.0 Å². The largest absolute Gasteiger partial charge is 0.370 e. The van der Waals surface area contributed by atoms with E-state index in [4.69, 9.17) is 23.1 Å². The smallest absolute Gasteiger partial charge is 0.185 e. The fraction of sp³-hybridized carbons (Fsp3) is 0.222. The highest BCUT2D eigenvalue weighted by molar-refractivity contribution is 14.0. The van der Waals surface area contributed by atoms with E-state index < -0.39 is 0 Å². The lowest BCUT2D eigenvalue weighted by Gasteiger charge is -2.03. The Balaban J connectivity index is 0.00000196. The number of halogens is 3. The molecule has 0 amide bonds. The molecule has 1 rings (SSSR count). The van der Waals surface area contributed by atoms with Crippen molar-refractivity contribution in [1.82, 2.24) is 0 Å². The van der Waals surface area contributed by atoms with Crippen LogP contribution in [0.3, 0.4) is 0 Å². The standard InChI is InChI=1S/C9H11ClFN3.HI/c10-7-2-1-3-8(11)6(7)4-5-14-9(12)13;/h1-3H,4-5H2,(H4,12,13,14);1H. The summed E-state index contributed by atoms with van der Waals surface area (Å²) in [5.74, 6) is -0.333. The monoisotopic (exact) mass is 343 g/mol. The lowest BCUT2D eigenvalue weighted by molar-refractivity contribution is 0.610. The maximum atomic E-state index is 13.2. The zero-order valence-corrected chi connectivity index (χ0v) is 11.0. The van der Waals surface area contributed by atoms with Crippen molar-refractivity contribution in [2.75, 3.05) is 6.54 Å². The summed E-state index contributed by atoms with van der Waals surface area (Å²) >= 11 is 5.79. The molecule has 0 aliphatic rings. The van der Waals surface area contributed by atoms with Gasteiger partial charge in [-0.2, -0.15) is 0 Å². The second-order valence-corrected chi connectivity index (χ2v) is 3.16. The van der Waals surface area contributed by atoms with Crippen LogP contribution in [0.2, 0.25) is 5.02 Å². The van der Waals surface area contributed by atoms with Crippen LogP contribution < -0.4 is 11.5 Å². The van der Waals surface area contributed by atoms with Crippen LogP contribution in [0.1, 0.15) is 5.56 Å². The van der Waals surface area contributed by atoms with Gasteiger partial charge in [0.1, 0.15) is 5.82 Å². The third-order valence-electron chi connectivity index (χ3n) is 1.72. The molecule has 0 radical (unpaired) electrons. The van der Waals surface area contributed by atoms with E-state index >= 15 is 0 Å². The molecule has 0 unspecified atom stereocenters. The predicted octanol–water partition coefficient (Wildman–Crippen LogP) is 1.91. The number of rotatable bonds is 3. The van der Waals surface area contributed by atoms with Crippen molar-refractivity contribution in [1.29, 1.82) is 0 Å². The summed E-state index contributed by atoms with van der Waals surface area (Å²) < 4.78 is 13.2. The summed E-state index contributed by atoms with van der Waals surface area (Å²) in [6, 6.07) is 4.55. The molecule has 0 fully saturated rings. The van der Waals surface area contributed by atoms with Crippen LogP contribution in [0.25, 0.3) is 0 Å². The van der Waals surface area contributed by atoms with Crippen molar-refractivity contribution in [3.05, 3.63) is 34.6 Å². The summed E-state index contributed by atoms with van der Waals surface area (Å²) in [5, 5.41) is 0.399. The van der Waals surface area contributed by atoms with Gasteiger partial charge in [0.25, 0.3) is 0 Å². The average molecular weight is 344 g/mol. The van der Waals surface area contributed by atoms with Crippen molar-refractivity contribution in [2.24, 2.45) is 16.5 Å². The Hall–Kier alpha value is -0.560. The summed E-state index contributed by atoms with van der Waals surface area (Å²) in [4.78, 5) is 3.75. The van der Waals surface area contributed by atoms with Gasteiger partial charge in [-0.25, -0.2) is 4.39 Å². The van der Waals surface area contributed by atoms with E-state index in [0.717, 1.165) is 0 Å². The molecule has 0 spiro atoms. The topological polar surface area (TPSA) is 64.4 Å². The molecule has 0 heterocycles. The molecular formula is C9H12ClFIN3. The average Bonchev–Trinajstić information content (AvgIpc) is 2.09. The third-order valence-corrected chi connectivity index (χ3v) is 2.07. The van der Waals surface area contributed by atoms with Gasteiger partial charge in [-0.05, 0) is 18.6 Å². The molecule has 1 aromatic rings. The lowest BCUT2D eigenvalue weighted by atomic mass is 10.1. The van der Waals surface area contributed by atoms with E-state index in [2.05, 4.69) is 4.99 Å². The van der Waals surface area contributed by atoms with Crippen LogP contribution in [-0.4, -0.2) is 12.5 Å². The molecule has 0 bridgehead atoms. The first kappa shape index (κ1) is 14.4. The van der Waals surface area contributed by atoms with Crippen LogP contribution in [-0.2, 0) is 6.42 Å². The van der Waals surface area contributed by atoms with Crippen LogP contribution >= 0.6 is 35.6 Å². The fourth-order valence-corrected chi connectivity index (χ4v) is 1.33. The van der Waals surface area contributed by atoms with Crippen molar-refractivity contribution >= 4 is 41.5 Å². The van der Waals surface area contributed by atoms with Gasteiger partial charge in [0, 0.05) is 17.1 Å². The quantitative estimate of drug-likeness (QED) is 0.500. The number of benzene rings is 1. The molecule has 4 N–H and O–H groups in total. The van der Waals surface area contributed by atoms with Crippen LogP contribution in [0.4, 0.5) is 4.39 Å². The summed E-state index contributed by atoms with van der Waals surface area (Å²) in [7, 11) is 0. The maximum Gasteiger partial charge on any atom is 0.185 e. The van der Waals surface area contributed by atoms with Gasteiger partial charge in [0.2, 0.25) is 0 Å². The zero-order valence-electron chi connectivity index (χ0n) is 7.91. The Morgan fingerprint density at radius 2 is 2.07 bits per heavy atom. The highest BCUT2D eigenvalue weighted by Gasteiger charge is 2.05. The van der Waals surface area contributed by atoms with Gasteiger partial charge in [0.05, 0.1) is 0 Å². The Bertz CT molecular complexity index is 333. The second kappa shape index (κ2) is 6.84. The van der Waals surface area contributed by atoms with E-state index in [0.29, 0.717) is 23.6 Å². The first-order chi connectivity index (χ1) is 6.61. The minimum Gasteiger partial charge on any atom is -0.370 e. The summed E-state index contributed by atoms with van der Waals surface area (Å²) in [6.07, 6.45) is 0.392. The number of nitrogens with two attached hydrogens (primary N) is 2. The molecule has 0 saturated heterocycles. The SMILES string of the molecule is I.NC(N)=NCCc1c(F)cccc1Cl. The molecule has 15 heavy (non-hydrogen) atoms. The van der Waals surface area contributed by atoms with Crippen LogP contribution in [0.15, 0.2) is 23.2 Å². The molecule has 0 atom stereocenters. The van der Waals surface area contributed by atoms with Gasteiger partial charge in [0.15, 0.2) is 5.96 Å². The van der Waals surface area contributed by atoms with Gasteiger partial charge < -0.3 is 11.5 Å². The van der Waals surface area contributed by atoms with E-state index in [1.807, 2.05) is 0 Å². The molecule has 0 aliphatic heterocycles. The molecule has 84 valence electrons. The highest BCUT2D eigenvalue weighted by atomic mass is 127. The minimum absolute atomic E-state index is 0. The van der Waals surface area contributed by atoms with E-state index in [1.165, 1.54) is 6.07 Å². The van der Waals surface area contributed by atoms with Gasteiger partial charge in [-0.1, -0.05) is 17.7 Å². The molecular weight excluding hydrogens is 331 g/mol. The number of hydrogen-bond acceptors (Lipinski definition) is 1. The zero-order chi connectivity index (χ0) is 10.6. The first-order valence-electron chi connectivity index (χ1n) is 4.09. The van der Waals surface area contributed by atoms with Crippen molar-refractivity contribution < 1.29 is 4.39 Å². The maximum absolute atomic E-state index is 13.2. The Kier molecular flexibility index (Phi) is 6.58. The van der Waals surface area contributed by atoms with E-state index in [-0.39, 0.29) is 35.8 Å². The molecule has 0 aromatic heterocycles. The third kappa shape index (κ3) is 4.65. The molecule has 1 aromatic carbocycles.